The molecule has 7 atom stereocenters. The number of aliphatic hydroxyl groups is 1. The molecule has 9 nitrogen and oxygen atoms in total. The number of benzene rings is 1. The van der Waals surface area contributed by atoms with Gasteiger partial charge in [0.15, 0.2) is 5.78 Å². The van der Waals surface area contributed by atoms with Crippen LogP contribution in [0.3, 0.4) is 0 Å². The number of hydrogen-bond donors (Lipinski definition) is 4. The van der Waals surface area contributed by atoms with Crippen molar-refractivity contribution in [3.63, 3.8) is 0 Å². The van der Waals surface area contributed by atoms with E-state index in [2.05, 4.69) is 19.2 Å². The molecule has 1 aromatic rings. The Hall–Kier alpha value is -2.59. The number of nitrogens with zero attached hydrogens (tertiary/aromatic N) is 1. The molecule has 1 aromatic carbocycles. The van der Waals surface area contributed by atoms with Crippen LogP contribution in [-0.2, 0) is 27.2 Å². The van der Waals surface area contributed by atoms with Gasteiger partial charge in [-0.25, -0.2) is 0 Å². The average Bonchev–Trinajstić information content (AvgIpc) is 3.50. The lowest BCUT2D eigenvalue weighted by molar-refractivity contribution is -0.123. The predicted molar refractivity (Wildman–Crippen MR) is 163 cm³/mol. The lowest BCUT2D eigenvalue weighted by atomic mass is 9.59. The van der Waals surface area contributed by atoms with Gasteiger partial charge in [-0.1, -0.05) is 25.4 Å². The molecule has 10 heteroatoms. The Morgan fingerprint density at radius 2 is 1.91 bits per heavy atom. The monoisotopic (exact) mass is 613 g/mol. The largest absolute Gasteiger partial charge is 0.510 e. The number of nitrogens with one attached hydrogen (secondary N) is 1. The molecule has 3 fully saturated rings. The van der Waals surface area contributed by atoms with Crippen molar-refractivity contribution in [2.75, 3.05) is 34.9 Å². The van der Waals surface area contributed by atoms with Crippen molar-refractivity contribution in [1.29, 1.82) is 0 Å². The first-order valence-electron chi connectivity index (χ1n) is 15.3. The molecule has 2 bridgehead atoms. The summed E-state index contributed by atoms with van der Waals surface area (Å²) in [5.41, 5.74) is 6.97. The summed E-state index contributed by atoms with van der Waals surface area (Å²) in [5.74, 6) is 0.587. The van der Waals surface area contributed by atoms with Crippen LogP contribution in [0.25, 0.3) is 0 Å². The maximum absolute atomic E-state index is 14.2. The van der Waals surface area contributed by atoms with E-state index in [1.54, 1.807) is 6.07 Å². The molecule has 0 aromatic heterocycles. The number of allylic oxidation sites excluding steroid dienone is 1. The van der Waals surface area contributed by atoms with Crippen LogP contribution >= 0.6 is 11.6 Å². The van der Waals surface area contributed by atoms with Crippen molar-refractivity contribution >= 4 is 23.3 Å². The van der Waals surface area contributed by atoms with E-state index in [1.165, 1.54) is 27.1 Å². The number of ether oxygens (including phenoxy) is 2. The molecule has 0 radical (unpaired) electrons. The Bertz CT molecular complexity index is 1450. The lowest BCUT2D eigenvalue weighted by Gasteiger charge is -2.53. The van der Waals surface area contributed by atoms with Gasteiger partial charge in [-0.05, 0) is 92.6 Å². The molecule has 1 amide bonds. The number of rotatable bonds is 8. The number of fused-ring (bicyclic) bond motifs is 4. The fraction of sp³-hybridized carbons (Fsp3) is 0.636. The van der Waals surface area contributed by atoms with Crippen LogP contribution in [0, 0.1) is 35.0 Å². The van der Waals surface area contributed by atoms with Gasteiger partial charge in [-0.3, -0.25) is 14.5 Å². The van der Waals surface area contributed by atoms with Gasteiger partial charge in [-0.2, -0.15) is 0 Å². The minimum absolute atomic E-state index is 0.0314. The number of hydrogen-bond acceptors (Lipinski definition) is 8. The van der Waals surface area contributed by atoms with Crippen LogP contribution in [0.15, 0.2) is 28.7 Å². The lowest BCUT2D eigenvalue weighted by Crippen LogP contribution is -2.60. The number of likely N-dealkylation sites (N-methyl/N-ethyl adjacent to an activating group) is 1. The Morgan fingerprint density at radius 1 is 1.19 bits per heavy atom. The number of carbonyl (C=O) groups is 2. The van der Waals surface area contributed by atoms with E-state index >= 15 is 0 Å². The van der Waals surface area contributed by atoms with E-state index in [0.717, 1.165) is 23.9 Å². The fourth-order valence-electron chi connectivity index (χ4n) is 9.52. The van der Waals surface area contributed by atoms with Crippen LogP contribution in [0.4, 0.5) is 0 Å². The zero-order valence-electron chi connectivity index (χ0n) is 25.9. The number of halogens is 1. The molecule has 43 heavy (non-hydrogen) atoms. The van der Waals surface area contributed by atoms with Crippen molar-refractivity contribution < 1.29 is 29.3 Å². The van der Waals surface area contributed by atoms with Gasteiger partial charge in [0.25, 0.3) is 0 Å². The van der Waals surface area contributed by atoms with Crippen molar-refractivity contribution in [3.05, 3.63) is 50.4 Å². The molecule has 6 aliphatic rings. The number of aliphatic hydroxyl groups excluding tert-OH is 1. The normalized spacial score (nSPS) is 34.1. The van der Waals surface area contributed by atoms with Crippen molar-refractivity contribution in [3.8, 4) is 5.75 Å². The topological polar surface area (TPSA) is 134 Å². The maximum Gasteiger partial charge on any atom is 0.248 e. The molecule has 7 rings (SSSR count). The number of phenolic OH excluding ortho intramolecular Hbond substituents is 1. The highest BCUT2D eigenvalue weighted by Gasteiger charge is 2.60. The van der Waals surface area contributed by atoms with E-state index in [1.807, 2.05) is 19.0 Å². The van der Waals surface area contributed by atoms with E-state index in [4.69, 9.17) is 26.8 Å². The molecular weight excluding hydrogens is 570 g/mol. The third-order valence-corrected chi connectivity index (χ3v) is 12.2. The molecule has 0 saturated heterocycles. The van der Waals surface area contributed by atoms with Gasteiger partial charge in [0, 0.05) is 36.6 Å². The van der Waals surface area contributed by atoms with Crippen LogP contribution in [0.5, 0.6) is 5.75 Å². The molecule has 6 aliphatic carbocycles. The predicted octanol–water partition coefficient (Wildman–Crippen LogP) is 4.11. The number of primary amides is 1. The fourth-order valence-corrected chi connectivity index (χ4v) is 9.81. The summed E-state index contributed by atoms with van der Waals surface area (Å²) in [4.78, 5) is 28.5. The van der Waals surface area contributed by atoms with Gasteiger partial charge in [-0.15, -0.1) is 0 Å². The highest BCUT2D eigenvalue weighted by molar-refractivity contribution is 6.33. The van der Waals surface area contributed by atoms with Crippen LogP contribution in [-0.4, -0.2) is 73.3 Å². The summed E-state index contributed by atoms with van der Waals surface area (Å²) in [6.07, 6.45) is 3.44. The van der Waals surface area contributed by atoms with Crippen molar-refractivity contribution in [2.45, 2.75) is 64.1 Å². The first kappa shape index (κ1) is 30.4. The first-order valence-corrected chi connectivity index (χ1v) is 15.7. The number of carbonyl (C=O) groups excluding carboxylic acids is 2. The molecule has 2 unspecified atom stereocenters. The van der Waals surface area contributed by atoms with E-state index < -0.39 is 17.6 Å². The van der Waals surface area contributed by atoms with Gasteiger partial charge < -0.3 is 30.7 Å². The molecule has 5 N–H and O–H groups in total. The zero-order chi connectivity index (χ0) is 31.2. The number of ketones is 1. The molecule has 0 spiro atoms. The second kappa shape index (κ2) is 10.5. The summed E-state index contributed by atoms with van der Waals surface area (Å²) in [6.45, 7) is 6.17. The molecule has 0 heterocycles. The first-order chi connectivity index (χ1) is 20.3. The third-order valence-electron chi connectivity index (χ3n) is 11.8. The summed E-state index contributed by atoms with van der Waals surface area (Å²) in [6, 6.07) is 1.01. The second-order valence-electron chi connectivity index (χ2n) is 14.1. The van der Waals surface area contributed by atoms with Crippen LogP contribution in [0.1, 0.15) is 61.0 Å². The zero-order valence-corrected chi connectivity index (χ0v) is 26.7. The quantitative estimate of drug-likeness (QED) is 0.344. The van der Waals surface area contributed by atoms with Gasteiger partial charge in [0.2, 0.25) is 5.91 Å². The summed E-state index contributed by atoms with van der Waals surface area (Å²) < 4.78 is 12.1. The molecule has 234 valence electrons. The Morgan fingerprint density at radius 3 is 2.47 bits per heavy atom. The van der Waals surface area contributed by atoms with Gasteiger partial charge in [0.05, 0.1) is 24.3 Å². The van der Waals surface area contributed by atoms with Crippen molar-refractivity contribution in [1.82, 2.24) is 10.2 Å². The minimum atomic E-state index is -1.21. The van der Waals surface area contributed by atoms with E-state index in [0.29, 0.717) is 52.6 Å². The van der Waals surface area contributed by atoms with Gasteiger partial charge in [0.1, 0.15) is 22.9 Å². The summed E-state index contributed by atoms with van der Waals surface area (Å²) >= 11 is 7.01. The highest BCUT2D eigenvalue weighted by atomic mass is 35.5. The molecular formula is C33H44ClN3O6. The van der Waals surface area contributed by atoms with E-state index in [9.17, 15) is 19.8 Å². The number of nitrogens with two attached hydrogens (primary N) is 1. The number of phenols is 1. The number of amides is 1. The highest BCUT2D eigenvalue weighted by Crippen LogP contribution is 2.64. The Labute approximate surface area is 258 Å². The summed E-state index contributed by atoms with van der Waals surface area (Å²) in [5, 5.41) is 26.5. The summed E-state index contributed by atoms with van der Waals surface area (Å²) in [7, 11) is 6.64. The number of methoxy groups -OCH3 is 2. The minimum Gasteiger partial charge on any atom is -0.510 e. The average molecular weight is 614 g/mol. The SMILES string of the molecule is COC1=C2C(=O)c3c(O)cc(CNC[C@H]4CC5CC4C5(C)C)c(Cl)c3C[C@H]2C[C@H]2[C@H](N(C)C)C(O)=C(C(N)=O)C[C@@]12OC. The van der Waals surface area contributed by atoms with Gasteiger partial charge >= 0.3 is 0 Å². The van der Waals surface area contributed by atoms with Crippen LogP contribution < -0.4 is 11.1 Å². The van der Waals surface area contributed by atoms with E-state index in [-0.39, 0.29) is 46.7 Å². The third kappa shape index (κ3) is 4.29. The smallest absolute Gasteiger partial charge is 0.248 e. The van der Waals surface area contributed by atoms with Crippen molar-refractivity contribution in [2.24, 2.45) is 40.7 Å². The van der Waals surface area contributed by atoms with Crippen LogP contribution in [0.2, 0.25) is 5.02 Å². The Kier molecular flexibility index (Phi) is 7.43. The molecule has 0 aliphatic heterocycles. The standard InChI is InChI=1S/C33H44ClN3O6/c1-32(2)18-7-16(21(32)11-18)13-36-14-17-10-23(38)25-19(26(17)34)8-15-9-22-27(37(3)4)28(39)20(31(35)41)12-33(22,43-6)30(42-5)24(15)29(25)40/h10,15-16,18,21-22,27,36,38-39H,7-9,11-14H2,1-6H3,(H2,35,41)/t15-,16+,18?,21?,22-,27-,33-/m0/s1. The molecule has 3 saturated carbocycles. The number of Topliss-reactive ketones (excluding diaryl/α,β-unsaturated/α-hetero) is 1. The maximum atomic E-state index is 14.2. The second-order valence-corrected chi connectivity index (χ2v) is 14.5. The number of aromatic hydroxyl groups is 1. The Balaban J connectivity index is 1.35.